The lowest BCUT2D eigenvalue weighted by atomic mass is 10.0. The molecule has 0 radical (unpaired) electrons. The van der Waals surface area contributed by atoms with Crippen LogP contribution in [0.2, 0.25) is 0 Å². The van der Waals surface area contributed by atoms with Gasteiger partial charge < -0.3 is 10.4 Å². The van der Waals surface area contributed by atoms with Crippen molar-refractivity contribution in [2.75, 3.05) is 6.61 Å². The summed E-state index contributed by atoms with van der Waals surface area (Å²) in [4.78, 5) is 13.0. The van der Waals surface area contributed by atoms with Gasteiger partial charge in [-0.1, -0.05) is 36.4 Å². The number of aromatic nitrogens is 2. The Morgan fingerprint density at radius 2 is 1.72 bits per heavy atom. The minimum absolute atomic E-state index is 0.163. The highest BCUT2D eigenvalue weighted by atomic mass is 19.1. The molecule has 4 aromatic rings. The van der Waals surface area contributed by atoms with Crippen LogP contribution in [0.25, 0.3) is 22.5 Å². The van der Waals surface area contributed by atoms with Crippen LogP contribution in [0, 0.1) is 11.6 Å². The molecule has 0 aliphatic rings. The predicted octanol–water partition coefficient (Wildman–Crippen LogP) is 4.36. The molecule has 5 nitrogen and oxygen atoms in total. The molecule has 0 aliphatic carbocycles. The quantitative estimate of drug-likeness (QED) is 0.405. The second-order valence-corrected chi connectivity index (χ2v) is 7.37. The third-order valence-corrected chi connectivity index (χ3v) is 5.16. The van der Waals surface area contributed by atoms with Gasteiger partial charge in [-0.05, 0) is 54.4 Å². The van der Waals surface area contributed by atoms with E-state index in [1.807, 2.05) is 0 Å². The number of aromatic amines is 1. The number of aliphatic hydroxyl groups excluding tert-OH is 1. The largest absolute Gasteiger partial charge is 0.394 e. The first kappa shape index (κ1) is 21.4. The highest BCUT2D eigenvalue weighted by Gasteiger charge is 2.19. The number of halogens is 2. The Kier molecular flexibility index (Phi) is 6.37. The number of carbonyl (C=O) groups excluding carboxylic acids is 1. The van der Waals surface area contributed by atoms with Gasteiger partial charge in [-0.2, -0.15) is 5.10 Å². The smallest absolute Gasteiger partial charge is 0.252 e. The van der Waals surface area contributed by atoms with Gasteiger partial charge in [0.1, 0.15) is 11.6 Å². The van der Waals surface area contributed by atoms with E-state index in [2.05, 4.69) is 15.5 Å². The number of amides is 1. The van der Waals surface area contributed by atoms with Crippen molar-refractivity contribution in [3.8, 4) is 22.5 Å². The summed E-state index contributed by atoms with van der Waals surface area (Å²) in [5, 5.41) is 19.7. The second-order valence-electron chi connectivity index (χ2n) is 7.37. The third-order valence-electron chi connectivity index (χ3n) is 5.16. The fourth-order valence-corrected chi connectivity index (χ4v) is 3.50. The topological polar surface area (TPSA) is 78.0 Å². The summed E-state index contributed by atoms with van der Waals surface area (Å²) in [6.45, 7) is -0.332. The Morgan fingerprint density at radius 3 is 2.47 bits per heavy atom. The van der Waals surface area contributed by atoms with Crippen molar-refractivity contribution in [2.45, 2.75) is 12.5 Å². The predicted molar refractivity (Wildman–Crippen MR) is 118 cm³/mol. The zero-order chi connectivity index (χ0) is 22.5. The molecule has 1 heterocycles. The van der Waals surface area contributed by atoms with Crippen LogP contribution >= 0.6 is 0 Å². The number of nitrogens with one attached hydrogen (secondary N) is 2. The molecule has 1 atom stereocenters. The van der Waals surface area contributed by atoms with Crippen LogP contribution < -0.4 is 5.32 Å². The van der Waals surface area contributed by atoms with Gasteiger partial charge in [0.15, 0.2) is 0 Å². The Morgan fingerprint density at radius 1 is 1.00 bits per heavy atom. The molecule has 3 N–H and O–H groups in total. The maximum Gasteiger partial charge on any atom is 0.252 e. The molecular weight excluding hydrogens is 412 g/mol. The van der Waals surface area contributed by atoms with E-state index in [1.165, 1.54) is 18.2 Å². The lowest BCUT2D eigenvalue weighted by Crippen LogP contribution is -2.39. The summed E-state index contributed by atoms with van der Waals surface area (Å²) in [6, 6.07) is 20.4. The van der Waals surface area contributed by atoms with E-state index in [0.29, 0.717) is 28.1 Å². The molecule has 0 fully saturated rings. The molecule has 1 aromatic heterocycles. The van der Waals surface area contributed by atoms with E-state index in [4.69, 9.17) is 0 Å². The molecule has 0 spiro atoms. The molecular formula is C25H21F2N3O2. The minimum Gasteiger partial charge on any atom is -0.394 e. The van der Waals surface area contributed by atoms with Gasteiger partial charge in [-0.3, -0.25) is 9.89 Å². The summed E-state index contributed by atoms with van der Waals surface area (Å²) in [5.74, 6) is -1.11. The maximum absolute atomic E-state index is 14.0. The van der Waals surface area contributed by atoms with Crippen molar-refractivity contribution in [1.29, 1.82) is 0 Å². The molecule has 0 bridgehead atoms. The van der Waals surface area contributed by atoms with Gasteiger partial charge in [0.25, 0.3) is 5.91 Å². The van der Waals surface area contributed by atoms with Crippen molar-refractivity contribution in [1.82, 2.24) is 15.5 Å². The molecule has 1 amide bonds. The van der Waals surface area contributed by atoms with E-state index in [9.17, 15) is 18.7 Å². The number of H-pyrrole nitrogens is 1. The molecule has 0 saturated carbocycles. The highest BCUT2D eigenvalue weighted by molar-refractivity contribution is 6.00. The molecule has 162 valence electrons. The molecule has 0 saturated heterocycles. The fourth-order valence-electron chi connectivity index (χ4n) is 3.50. The monoisotopic (exact) mass is 433 g/mol. The normalized spacial score (nSPS) is 11.8. The first-order valence-corrected chi connectivity index (χ1v) is 10.1. The molecule has 7 heteroatoms. The van der Waals surface area contributed by atoms with Gasteiger partial charge in [-0.25, -0.2) is 8.78 Å². The Labute approximate surface area is 183 Å². The summed E-state index contributed by atoms with van der Waals surface area (Å²) in [5.41, 5.74) is 3.38. The van der Waals surface area contributed by atoms with Crippen LogP contribution in [0.1, 0.15) is 15.9 Å². The SMILES string of the molecule is O=C(N[C@@H](CO)Cc1ccccc1F)c1ccccc1-c1cc(-c2ccc(F)cc2)n[nH]1. The van der Waals surface area contributed by atoms with Gasteiger partial charge >= 0.3 is 0 Å². The summed E-state index contributed by atoms with van der Waals surface area (Å²) in [7, 11) is 0. The van der Waals surface area contributed by atoms with Crippen molar-refractivity contribution in [3.05, 3.63) is 102 Å². The van der Waals surface area contributed by atoms with Crippen molar-refractivity contribution >= 4 is 5.91 Å². The standard InChI is InChI=1S/C25H21F2N3O2/c26-18-11-9-16(10-12-18)23-14-24(30-29-23)20-6-2-3-7-21(20)25(32)28-19(15-31)13-17-5-1-4-8-22(17)27/h1-12,14,19,31H,13,15H2,(H,28,32)(H,29,30)/t19-/m1/s1. The van der Waals surface area contributed by atoms with Crippen molar-refractivity contribution < 1.29 is 18.7 Å². The number of hydrogen-bond donors (Lipinski definition) is 3. The maximum atomic E-state index is 14.0. The fraction of sp³-hybridized carbons (Fsp3) is 0.120. The third kappa shape index (κ3) is 4.73. The molecule has 0 aliphatic heterocycles. The first-order chi connectivity index (χ1) is 15.5. The Hall–Kier alpha value is -3.84. The van der Waals surface area contributed by atoms with Gasteiger partial charge in [0, 0.05) is 16.7 Å². The average molecular weight is 433 g/mol. The highest BCUT2D eigenvalue weighted by Crippen LogP contribution is 2.26. The summed E-state index contributed by atoms with van der Waals surface area (Å²) < 4.78 is 27.2. The number of benzene rings is 3. The van der Waals surface area contributed by atoms with E-state index in [1.54, 1.807) is 60.7 Å². The summed E-state index contributed by atoms with van der Waals surface area (Å²) >= 11 is 0. The number of hydrogen-bond acceptors (Lipinski definition) is 3. The van der Waals surface area contributed by atoms with Crippen LogP contribution in [0.15, 0.2) is 78.9 Å². The zero-order valence-corrected chi connectivity index (χ0v) is 17.1. The molecule has 0 unspecified atom stereocenters. The van der Waals surface area contributed by atoms with Crippen molar-refractivity contribution in [2.24, 2.45) is 0 Å². The molecule has 32 heavy (non-hydrogen) atoms. The second kappa shape index (κ2) is 9.53. The van der Waals surface area contributed by atoms with Crippen LogP contribution in [0.4, 0.5) is 8.78 Å². The van der Waals surface area contributed by atoms with Crippen LogP contribution in [0.5, 0.6) is 0 Å². The van der Waals surface area contributed by atoms with Crippen molar-refractivity contribution in [3.63, 3.8) is 0 Å². The van der Waals surface area contributed by atoms with Gasteiger partial charge in [-0.15, -0.1) is 0 Å². The Bertz CT molecular complexity index is 1220. The van der Waals surface area contributed by atoms with Crippen LogP contribution in [0.3, 0.4) is 0 Å². The lowest BCUT2D eigenvalue weighted by Gasteiger charge is -2.18. The molecule has 3 aromatic carbocycles. The van der Waals surface area contributed by atoms with E-state index >= 15 is 0 Å². The Balaban J connectivity index is 1.56. The van der Waals surface area contributed by atoms with Crippen LogP contribution in [-0.2, 0) is 6.42 Å². The number of rotatable bonds is 7. The van der Waals surface area contributed by atoms with E-state index < -0.39 is 11.9 Å². The average Bonchev–Trinajstić information content (AvgIpc) is 3.30. The first-order valence-electron chi connectivity index (χ1n) is 10.1. The molecule has 4 rings (SSSR count). The number of carbonyl (C=O) groups is 1. The van der Waals surface area contributed by atoms with Gasteiger partial charge in [0.2, 0.25) is 0 Å². The van der Waals surface area contributed by atoms with Gasteiger partial charge in [0.05, 0.1) is 24.0 Å². The minimum atomic E-state index is -0.649. The van der Waals surface area contributed by atoms with Crippen LogP contribution in [-0.4, -0.2) is 33.9 Å². The number of aliphatic hydroxyl groups is 1. The number of nitrogens with zero attached hydrogens (tertiary/aromatic N) is 1. The zero-order valence-electron chi connectivity index (χ0n) is 17.1. The van der Waals surface area contributed by atoms with E-state index in [0.717, 1.165) is 5.56 Å². The summed E-state index contributed by atoms with van der Waals surface area (Å²) in [6.07, 6.45) is 0.163. The van der Waals surface area contributed by atoms with E-state index in [-0.39, 0.29) is 24.7 Å². The lowest BCUT2D eigenvalue weighted by molar-refractivity contribution is 0.0916.